The molecule has 0 saturated heterocycles. The maximum Gasteiger partial charge on any atom is 0.252 e. The standard InChI is InChI=1S/C9H11N5O/c1-6(9(15)12-7-2-3-7)14-5-11-8(4-10)13-14/h5-7H,2-3H2,1H3,(H,12,15). The van der Waals surface area contributed by atoms with Crippen molar-refractivity contribution in [3.05, 3.63) is 12.2 Å². The van der Waals surface area contributed by atoms with Gasteiger partial charge in [-0.15, -0.1) is 5.10 Å². The maximum atomic E-state index is 11.6. The van der Waals surface area contributed by atoms with Crippen molar-refractivity contribution in [1.29, 1.82) is 5.26 Å². The van der Waals surface area contributed by atoms with Gasteiger partial charge in [0.15, 0.2) is 0 Å². The van der Waals surface area contributed by atoms with Gasteiger partial charge < -0.3 is 5.32 Å². The fraction of sp³-hybridized carbons (Fsp3) is 0.556. The first kappa shape index (κ1) is 9.65. The number of hydrogen-bond acceptors (Lipinski definition) is 4. The van der Waals surface area contributed by atoms with Crippen LogP contribution in [0.25, 0.3) is 0 Å². The predicted molar refractivity (Wildman–Crippen MR) is 50.6 cm³/mol. The van der Waals surface area contributed by atoms with Gasteiger partial charge in [0, 0.05) is 6.04 Å². The average Bonchev–Trinajstić information content (AvgIpc) is 2.92. The third-order valence-electron chi connectivity index (χ3n) is 2.31. The van der Waals surface area contributed by atoms with Crippen molar-refractivity contribution in [1.82, 2.24) is 20.1 Å². The van der Waals surface area contributed by atoms with E-state index in [2.05, 4.69) is 15.4 Å². The number of hydrogen-bond donors (Lipinski definition) is 1. The monoisotopic (exact) mass is 205 g/mol. The molecule has 0 aromatic carbocycles. The summed E-state index contributed by atoms with van der Waals surface area (Å²) < 4.78 is 1.40. The molecule has 6 nitrogen and oxygen atoms in total. The lowest BCUT2D eigenvalue weighted by molar-refractivity contribution is -0.124. The molecule has 1 unspecified atom stereocenters. The molecule has 0 bridgehead atoms. The highest BCUT2D eigenvalue weighted by Gasteiger charge is 2.26. The third kappa shape index (κ3) is 2.13. The molecule has 2 rings (SSSR count). The number of nitrogens with one attached hydrogen (secondary N) is 1. The highest BCUT2D eigenvalue weighted by atomic mass is 16.2. The van der Waals surface area contributed by atoms with Crippen LogP contribution in [0, 0.1) is 11.3 Å². The van der Waals surface area contributed by atoms with Gasteiger partial charge >= 0.3 is 0 Å². The summed E-state index contributed by atoms with van der Waals surface area (Å²) in [5.74, 6) is 0.00737. The number of aromatic nitrogens is 3. The second-order valence-electron chi connectivity index (χ2n) is 3.62. The molecule has 0 aliphatic heterocycles. The van der Waals surface area contributed by atoms with E-state index in [1.807, 2.05) is 6.07 Å². The fourth-order valence-corrected chi connectivity index (χ4v) is 1.18. The molecule has 1 N–H and O–H groups in total. The molecule has 1 saturated carbocycles. The van der Waals surface area contributed by atoms with Crippen LogP contribution in [-0.2, 0) is 4.79 Å². The van der Waals surface area contributed by atoms with E-state index in [-0.39, 0.29) is 11.7 Å². The molecule has 1 aromatic heterocycles. The second kappa shape index (κ2) is 3.69. The lowest BCUT2D eigenvalue weighted by atomic mass is 10.3. The summed E-state index contributed by atoms with van der Waals surface area (Å²) in [5, 5.41) is 15.3. The van der Waals surface area contributed by atoms with Gasteiger partial charge in [0.1, 0.15) is 18.4 Å². The number of carbonyl (C=O) groups is 1. The normalized spacial score (nSPS) is 16.8. The Labute approximate surface area is 86.9 Å². The molecule has 6 heteroatoms. The van der Waals surface area contributed by atoms with Gasteiger partial charge in [-0.25, -0.2) is 9.67 Å². The topological polar surface area (TPSA) is 83.6 Å². The first-order valence-corrected chi connectivity index (χ1v) is 4.82. The van der Waals surface area contributed by atoms with Crippen LogP contribution in [0.5, 0.6) is 0 Å². The van der Waals surface area contributed by atoms with E-state index >= 15 is 0 Å². The van der Waals surface area contributed by atoms with Crippen LogP contribution in [0.15, 0.2) is 6.33 Å². The molecular formula is C9H11N5O. The summed E-state index contributed by atoms with van der Waals surface area (Å²) in [7, 11) is 0. The zero-order valence-electron chi connectivity index (χ0n) is 8.34. The van der Waals surface area contributed by atoms with Crippen molar-refractivity contribution in [2.45, 2.75) is 31.8 Å². The van der Waals surface area contributed by atoms with Gasteiger partial charge in [-0.2, -0.15) is 5.26 Å². The predicted octanol–water partition coefficient (Wildman–Crippen LogP) is -0.0106. The molecule has 78 valence electrons. The fourth-order valence-electron chi connectivity index (χ4n) is 1.18. The molecule has 1 aromatic rings. The van der Waals surface area contributed by atoms with Crippen molar-refractivity contribution in [3.8, 4) is 6.07 Å². The number of nitrogens with zero attached hydrogens (tertiary/aromatic N) is 4. The summed E-state index contributed by atoms with van der Waals surface area (Å²) >= 11 is 0. The van der Waals surface area contributed by atoms with Crippen molar-refractivity contribution >= 4 is 5.91 Å². The molecule has 1 fully saturated rings. The first-order chi connectivity index (χ1) is 7.20. The molecule has 0 spiro atoms. The zero-order chi connectivity index (χ0) is 10.8. The summed E-state index contributed by atoms with van der Waals surface area (Å²) in [6, 6.07) is 1.74. The quantitative estimate of drug-likeness (QED) is 0.752. The molecule has 15 heavy (non-hydrogen) atoms. The SMILES string of the molecule is CC(C(=O)NC1CC1)n1cnc(C#N)n1. The first-order valence-electron chi connectivity index (χ1n) is 4.82. The number of rotatable bonds is 3. The van der Waals surface area contributed by atoms with E-state index in [9.17, 15) is 4.79 Å². The van der Waals surface area contributed by atoms with E-state index in [1.54, 1.807) is 6.92 Å². The molecule has 1 atom stereocenters. The van der Waals surface area contributed by atoms with Gasteiger partial charge in [0.25, 0.3) is 5.82 Å². The summed E-state index contributed by atoms with van der Waals surface area (Å²) in [6.45, 7) is 1.73. The van der Waals surface area contributed by atoms with Crippen molar-refractivity contribution in [2.75, 3.05) is 0 Å². The molecule has 1 heterocycles. The lowest BCUT2D eigenvalue weighted by Gasteiger charge is -2.10. The number of nitriles is 1. The Morgan fingerprint density at radius 2 is 2.53 bits per heavy atom. The van der Waals surface area contributed by atoms with E-state index < -0.39 is 6.04 Å². The van der Waals surface area contributed by atoms with Crippen LogP contribution in [0.2, 0.25) is 0 Å². The molecule has 0 radical (unpaired) electrons. The summed E-state index contributed by atoms with van der Waals surface area (Å²) in [6.07, 6.45) is 3.51. The number of carbonyl (C=O) groups excluding carboxylic acids is 1. The van der Waals surface area contributed by atoms with E-state index in [1.165, 1.54) is 11.0 Å². The molecule has 1 aliphatic rings. The van der Waals surface area contributed by atoms with Gasteiger partial charge in [-0.1, -0.05) is 0 Å². The average molecular weight is 205 g/mol. The van der Waals surface area contributed by atoms with Gasteiger partial charge in [-0.3, -0.25) is 4.79 Å². The Hall–Kier alpha value is -1.90. The van der Waals surface area contributed by atoms with Gasteiger partial charge in [0.2, 0.25) is 5.91 Å². The minimum Gasteiger partial charge on any atom is -0.352 e. The maximum absolute atomic E-state index is 11.6. The van der Waals surface area contributed by atoms with Crippen LogP contribution in [-0.4, -0.2) is 26.7 Å². The Morgan fingerprint density at radius 3 is 3.07 bits per heavy atom. The molecule has 1 amide bonds. The highest BCUT2D eigenvalue weighted by Crippen LogP contribution is 2.19. The lowest BCUT2D eigenvalue weighted by Crippen LogP contribution is -2.32. The Morgan fingerprint density at radius 1 is 1.80 bits per heavy atom. The smallest absolute Gasteiger partial charge is 0.252 e. The van der Waals surface area contributed by atoms with Crippen molar-refractivity contribution in [2.24, 2.45) is 0 Å². The Bertz CT molecular complexity index is 414. The van der Waals surface area contributed by atoms with Gasteiger partial charge in [-0.05, 0) is 19.8 Å². The Kier molecular flexibility index (Phi) is 2.37. The van der Waals surface area contributed by atoms with E-state index in [0.717, 1.165) is 12.8 Å². The zero-order valence-corrected chi connectivity index (χ0v) is 8.34. The van der Waals surface area contributed by atoms with E-state index in [0.29, 0.717) is 6.04 Å². The minimum atomic E-state index is -0.416. The van der Waals surface area contributed by atoms with Crippen molar-refractivity contribution < 1.29 is 4.79 Å². The van der Waals surface area contributed by atoms with Crippen molar-refractivity contribution in [3.63, 3.8) is 0 Å². The van der Waals surface area contributed by atoms with Crippen LogP contribution in [0.3, 0.4) is 0 Å². The van der Waals surface area contributed by atoms with Crippen LogP contribution in [0.1, 0.15) is 31.6 Å². The number of amides is 1. The van der Waals surface area contributed by atoms with Crippen LogP contribution in [0.4, 0.5) is 0 Å². The second-order valence-corrected chi connectivity index (χ2v) is 3.62. The van der Waals surface area contributed by atoms with Crippen LogP contribution < -0.4 is 5.32 Å². The summed E-state index contributed by atoms with van der Waals surface area (Å²) in [5.41, 5.74) is 0. The minimum absolute atomic E-state index is 0.0770. The Balaban J connectivity index is 2.02. The van der Waals surface area contributed by atoms with E-state index in [4.69, 9.17) is 5.26 Å². The largest absolute Gasteiger partial charge is 0.352 e. The highest BCUT2D eigenvalue weighted by molar-refractivity contribution is 5.80. The molecule has 1 aliphatic carbocycles. The molecular weight excluding hydrogens is 194 g/mol. The van der Waals surface area contributed by atoms with Gasteiger partial charge in [0.05, 0.1) is 0 Å². The van der Waals surface area contributed by atoms with Crippen LogP contribution >= 0.6 is 0 Å². The summed E-state index contributed by atoms with van der Waals surface area (Å²) in [4.78, 5) is 15.4. The third-order valence-corrected chi connectivity index (χ3v) is 2.31.